The van der Waals surface area contributed by atoms with Gasteiger partial charge in [-0.15, -0.1) is 0 Å². The number of thiocarbonyl (C=S) groups is 2. The molecule has 0 bridgehead atoms. The molecule has 4 rings (SSSR count). The molecule has 6 nitrogen and oxygen atoms in total. The van der Waals surface area contributed by atoms with Crippen molar-refractivity contribution >= 4 is 80.6 Å². The van der Waals surface area contributed by atoms with Crippen LogP contribution in [0.1, 0.15) is 22.3 Å². The van der Waals surface area contributed by atoms with Gasteiger partial charge in [0.2, 0.25) is 0 Å². The number of thioether (sulfide) groups is 2. The predicted molar refractivity (Wildman–Crippen MR) is 132 cm³/mol. The van der Waals surface area contributed by atoms with Gasteiger partial charge in [0.05, 0.1) is 9.81 Å². The normalized spacial score (nSPS) is 18.7. The average Bonchev–Trinajstić information content (AvgIpc) is 3.20. The molecule has 0 atom stereocenters. The molecule has 0 radical (unpaired) electrons. The molecule has 2 heterocycles. The lowest BCUT2D eigenvalue weighted by atomic mass is 9.99. The lowest BCUT2D eigenvalue weighted by Gasteiger charge is -2.08. The quantitative estimate of drug-likeness (QED) is 0.384. The molecule has 0 spiro atoms. The first-order valence-electron chi connectivity index (χ1n) is 8.92. The van der Waals surface area contributed by atoms with E-state index >= 15 is 0 Å². The van der Waals surface area contributed by atoms with Crippen LogP contribution in [0.2, 0.25) is 0 Å². The van der Waals surface area contributed by atoms with E-state index in [0.29, 0.717) is 36.0 Å². The molecular weight excluding hydrogens is 473 g/mol. The lowest BCUT2D eigenvalue weighted by molar-refractivity contribution is -0.116. The molecule has 4 N–H and O–H groups in total. The number of benzene rings is 2. The summed E-state index contributed by atoms with van der Waals surface area (Å²) in [7, 11) is 0. The van der Waals surface area contributed by atoms with Crippen LogP contribution in [0.25, 0.3) is 12.2 Å². The fourth-order valence-electron chi connectivity index (χ4n) is 3.02. The van der Waals surface area contributed by atoms with Crippen molar-refractivity contribution in [3.05, 3.63) is 68.5 Å². The monoisotopic (exact) mass is 486 g/mol. The first kappa shape index (κ1) is 21.6. The molecule has 31 heavy (non-hydrogen) atoms. The van der Waals surface area contributed by atoms with Gasteiger partial charge in [-0.1, -0.05) is 60.1 Å². The van der Waals surface area contributed by atoms with Gasteiger partial charge in [0.25, 0.3) is 11.8 Å². The van der Waals surface area contributed by atoms with Gasteiger partial charge in [0, 0.05) is 11.1 Å². The van der Waals surface area contributed by atoms with E-state index in [4.69, 9.17) is 24.4 Å². The highest BCUT2D eigenvalue weighted by atomic mass is 32.2. The Balaban J connectivity index is 1.60. The number of rotatable bonds is 4. The second-order valence-corrected chi connectivity index (χ2v) is 10.1. The predicted octanol–water partition coefficient (Wildman–Crippen LogP) is 3.67. The summed E-state index contributed by atoms with van der Waals surface area (Å²) >= 11 is 12.3. The molecule has 2 aliphatic rings. The number of carbonyl (C=O) groups excluding carboxylic acids is 2. The van der Waals surface area contributed by atoms with E-state index in [1.807, 2.05) is 0 Å². The van der Waals surface area contributed by atoms with Gasteiger partial charge in [-0.25, -0.2) is 0 Å². The van der Waals surface area contributed by atoms with E-state index in [1.54, 1.807) is 48.6 Å². The van der Waals surface area contributed by atoms with Crippen LogP contribution in [0.15, 0.2) is 46.2 Å². The first-order chi connectivity index (χ1) is 14.8. The molecule has 2 aromatic rings. The summed E-state index contributed by atoms with van der Waals surface area (Å²) in [5, 5.41) is 25.5. The molecule has 10 heteroatoms. The third kappa shape index (κ3) is 4.99. The van der Waals surface area contributed by atoms with Gasteiger partial charge < -0.3 is 20.8 Å². The van der Waals surface area contributed by atoms with Gasteiger partial charge in [-0.05, 0) is 54.0 Å². The Bertz CT molecular complexity index is 1130. The Kier molecular flexibility index (Phi) is 6.15. The number of nitrogens with one attached hydrogen (secondary N) is 2. The topological polar surface area (TPSA) is 98.7 Å². The third-order valence-electron chi connectivity index (χ3n) is 4.45. The van der Waals surface area contributed by atoms with Crippen molar-refractivity contribution in [2.75, 3.05) is 0 Å². The van der Waals surface area contributed by atoms with Crippen LogP contribution in [0.4, 0.5) is 0 Å². The Labute approximate surface area is 196 Å². The average molecular weight is 487 g/mol. The van der Waals surface area contributed by atoms with Crippen LogP contribution in [0, 0.1) is 0 Å². The fourth-order valence-corrected chi connectivity index (χ4v) is 5.09. The Hall–Kier alpha value is -2.66. The Morgan fingerprint density at radius 2 is 1.19 bits per heavy atom. The number of carbonyl (C=O) groups is 2. The molecular formula is C21H14N2O4S4. The van der Waals surface area contributed by atoms with Crippen molar-refractivity contribution in [3.63, 3.8) is 0 Å². The second kappa shape index (κ2) is 8.83. The van der Waals surface area contributed by atoms with Gasteiger partial charge in [0.15, 0.2) is 0 Å². The van der Waals surface area contributed by atoms with E-state index in [9.17, 15) is 19.8 Å². The standard InChI is InChI=1S/C21H14N2O4S4/c24-14-3-1-10(6-12(14)8-16-18(26)22-20(28)30-16)5-11-2-4-15(25)13(7-11)9-17-19(27)23-21(29)31-17/h1-4,6-9,24-25H,5H2,(H,22,26,28)(H,23,27,29)/b16-8-,17-9-. The van der Waals surface area contributed by atoms with Crippen LogP contribution in [0.3, 0.4) is 0 Å². The SMILES string of the molecule is O=C1NC(=S)S/C1=C\c1cc(Cc2ccc(O)c(/C=C3\SC(=S)NC3=O)c2)ccc1O. The molecule has 0 saturated carbocycles. The maximum absolute atomic E-state index is 11.9. The number of hydrogen-bond donors (Lipinski definition) is 4. The minimum Gasteiger partial charge on any atom is -0.507 e. The van der Waals surface area contributed by atoms with Crippen LogP contribution in [-0.4, -0.2) is 30.7 Å². The summed E-state index contributed by atoms with van der Waals surface area (Å²) in [6.07, 6.45) is 3.72. The summed E-state index contributed by atoms with van der Waals surface area (Å²) in [6.45, 7) is 0. The molecule has 2 saturated heterocycles. The number of phenols is 2. The molecule has 156 valence electrons. The first-order valence-corrected chi connectivity index (χ1v) is 11.4. The Morgan fingerprint density at radius 3 is 1.55 bits per heavy atom. The van der Waals surface area contributed by atoms with Crippen molar-refractivity contribution < 1.29 is 19.8 Å². The summed E-state index contributed by atoms with van der Waals surface area (Å²) < 4.78 is 0.764. The summed E-state index contributed by atoms with van der Waals surface area (Å²) in [5.74, 6) is -0.466. The minimum absolute atomic E-state index is 0.0545. The molecule has 0 aliphatic carbocycles. The minimum atomic E-state index is -0.288. The zero-order chi connectivity index (χ0) is 22.1. The van der Waals surface area contributed by atoms with Crippen LogP contribution in [0.5, 0.6) is 11.5 Å². The number of amides is 2. The van der Waals surface area contributed by atoms with Crippen molar-refractivity contribution in [2.45, 2.75) is 6.42 Å². The molecule has 2 aliphatic heterocycles. The maximum Gasteiger partial charge on any atom is 0.263 e. The van der Waals surface area contributed by atoms with E-state index in [1.165, 1.54) is 0 Å². The largest absolute Gasteiger partial charge is 0.507 e. The van der Waals surface area contributed by atoms with Crippen molar-refractivity contribution in [1.82, 2.24) is 10.6 Å². The van der Waals surface area contributed by atoms with E-state index in [2.05, 4.69) is 10.6 Å². The van der Waals surface area contributed by atoms with Crippen molar-refractivity contribution in [3.8, 4) is 11.5 Å². The van der Waals surface area contributed by atoms with Crippen LogP contribution < -0.4 is 10.6 Å². The third-order valence-corrected chi connectivity index (χ3v) is 6.77. The number of aromatic hydroxyl groups is 2. The van der Waals surface area contributed by atoms with Crippen LogP contribution >= 0.6 is 48.0 Å². The van der Waals surface area contributed by atoms with Gasteiger partial charge in [0.1, 0.15) is 20.1 Å². The molecule has 2 amide bonds. The summed E-state index contributed by atoms with van der Waals surface area (Å²) in [5.41, 5.74) is 2.81. The van der Waals surface area contributed by atoms with E-state index in [-0.39, 0.29) is 23.3 Å². The molecule has 0 unspecified atom stereocenters. The van der Waals surface area contributed by atoms with Crippen molar-refractivity contribution in [2.24, 2.45) is 0 Å². The number of hydrogen-bond acceptors (Lipinski definition) is 8. The summed E-state index contributed by atoms with van der Waals surface area (Å²) in [4.78, 5) is 24.6. The van der Waals surface area contributed by atoms with Gasteiger partial charge >= 0.3 is 0 Å². The zero-order valence-electron chi connectivity index (χ0n) is 15.7. The molecule has 2 fully saturated rings. The highest BCUT2D eigenvalue weighted by Gasteiger charge is 2.23. The lowest BCUT2D eigenvalue weighted by Crippen LogP contribution is -2.17. The van der Waals surface area contributed by atoms with Crippen molar-refractivity contribution in [1.29, 1.82) is 0 Å². The maximum atomic E-state index is 11.9. The number of phenolic OH excluding ortho intramolecular Hbond substituents is 2. The fraction of sp³-hybridized carbons (Fsp3) is 0.0476. The highest BCUT2D eigenvalue weighted by molar-refractivity contribution is 8.27. The van der Waals surface area contributed by atoms with Gasteiger partial charge in [-0.3, -0.25) is 9.59 Å². The second-order valence-electron chi connectivity index (χ2n) is 6.67. The molecule has 2 aromatic carbocycles. The molecule has 0 aromatic heterocycles. The van der Waals surface area contributed by atoms with E-state index < -0.39 is 0 Å². The zero-order valence-corrected chi connectivity index (χ0v) is 18.9. The Morgan fingerprint density at radius 1 is 0.774 bits per heavy atom. The van der Waals surface area contributed by atoms with Crippen LogP contribution in [-0.2, 0) is 16.0 Å². The van der Waals surface area contributed by atoms with E-state index in [0.717, 1.165) is 34.7 Å². The highest BCUT2D eigenvalue weighted by Crippen LogP contribution is 2.32. The van der Waals surface area contributed by atoms with Gasteiger partial charge in [-0.2, -0.15) is 0 Å². The summed E-state index contributed by atoms with van der Waals surface area (Å²) in [6, 6.07) is 10.3. The smallest absolute Gasteiger partial charge is 0.263 e.